The van der Waals surface area contributed by atoms with Gasteiger partial charge in [-0.3, -0.25) is 10.1 Å². The van der Waals surface area contributed by atoms with Crippen molar-refractivity contribution in [1.82, 2.24) is 20.2 Å². The number of carbonyl (C=O) groups is 2. The Hall–Kier alpha value is -4.19. The Bertz CT molecular complexity index is 1210. The van der Waals surface area contributed by atoms with Gasteiger partial charge in [-0.1, -0.05) is 11.8 Å². The van der Waals surface area contributed by atoms with E-state index in [1.807, 2.05) is 0 Å². The van der Waals surface area contributed by atoms with Crippen molar-refractivity contribution >= 4 is 28.5 Å². The van der Waals surface area contributed by atoms with E-state index in [2.05, 4.69) is 27.5 Å². The molecule has 0 bridgehead atoms. The number of rotatable bonds is 3. The maximum atomic E-state index is 12.6. The number of imide groups is 1. The van der Waals surface area contributed by atoms with E-state index in [0.717, 1.165) is 5.39 Å². The molecule has 2 aromatic heterocycles. The lowest BCUT2D eigenvalue weighted by molar-refractivity contribution is -0.122. The molecule has 1 aliphatic heterocycles. The number of hydrogen-bond acceptors (Lipinski definition) is 6. The van der Waals surface area contributed by atoms with Gasteiger partial charge in [-0.15, -0.1) is 0 Å². The first-order valence-corrected chi connectivity index (χ1v) is 8.65. The Kier molecular flexibility index (Phi) is 4.24. The second-order valence-corrected chi connectivity index (χ2v) is 6.53. The number of aromatic hydroxyl groups is 1. The van der Waals surface area contributed by atoms with Crippen LogP contribution in [0.3, 0.4) is 0 Å². The zero-order valence-corrected chi connectivity index (χ0v) is 15.4. The van der Waals surface area contributed by atoms with E-state index in [4.69, 9.17) is 10.5 Å². The second kappa shape index (κ2) is 6.76. The van der Waals surface area contributed by atoms with Crippen LogP contribution in [0.25, 0.3) is 10.8 Å². The maximum absolute atomic E-state index is 12.6. The molecule has 0 aliphatic carbocycles. The number of benzene rings is 1. The molecule has 5 N–H and O–H groups in total. The van der Waals surface area contributed by atoms with Gasteiger partial charge in [0.2, 0.25) is 5.54 Å². The van der Waals surface area contributed by atoms with Gasteiger partial charge >= 0.3 is 6.03 Å². The van der Waals surface area contributed by atoms with Gasteiger partial charge in [-0.05, 0) is 30.3 Å². The minimum atomic E-state index is -1.59. The molecule has 4 rings (SSSR count). The molecule has 9 heteroatoms. The normalized spacial score (nSPS) is 18.1. The van der Waals surface area contributed by atoms with E-state index in [1.165, 1.54) is 17.9 Å². The molecule has 0 spiro atoms. The number of nitrogens with zero attached hydrogens (tertiary/aromatic N) is 2. The number of anilines is 1. The highest BCUT2D eigenvalue weighted by molar-refractivity contribution is 6.09. The first-order valence-electron chi connectivity index (χ1n) is 8.65. The zero-order valence-electron chi connectivity index (χ0n) is 15.4. The number of methoxy groups -OCH3 is 1. The van der Waals surface area contributed by atoms with E-state index < -0.39 is 17.5 Å². The third kappa shape index (κ3) is 3.17. The largest absolute Gasteiger partial charge is 0.497 e. The number of amides is 3. The van der Waals surface area contributed by atoms with Crippen LogP contribution < -0.4 is 21.1 Å². The molecule has 9 nitrogen and oxygen atoms in total. The van der Waals surface area contributed by atoms with E-state index >= 15 is 0 Å². The van der Waals surface area contributed by atoms with E-state index in [9.17, 15) is 14.7 Å². The van der Waals surface area contributed by atoms with Crippen LogP contribution in [-0.4, -0.2) is 39.2 Å². The summed E-state index contributed by atoms with van der Waals surface area (Å²) in [7, 11) is 1.53. The van der Waals surface area contributed by atoms with Crippen LogP contribution >= 0.6 is 0 Å². The number of fused-ring (bicyclic) bond motifs is 1. The third-order valence-corrected chi connectivity index (χ3v) is 4.67. The Balaban J connectivity index is 1.77. The topological polar surface area (TPSA) is 131 Å². The summed E-state index contributed by atoms with van der Waals surface area (Å²) in [6.07, 6.45) is 3.20. The number of carbonyl (C=O) groups excluding carboxylic acids is 2. The van der Waals surface area contributed by atoms with Crippen LogP contribution in [0.15, 0.2) is 42.7 Å². The number of hydrogen-bond donors (Lipinski definition) is 4. The first-order chi connectivity index (χ1) is 13.9. The van der Waals surface area contributed by atoms with Gasteiger partial charge in [0.15, 0.2) is 5.88 Å². The molecule has 3 heterocycles. The van der Waals surface area contributed by atoms with Gasteiger partial charge in [0.25, 0.3) is 5.91 Å². The lowest BCUT2D eigenvalue weighted by atomic mass is 10.00. The molecule has 0 unspecified atom stereocenters. The standard InChI is InChI=1S/C20H17N5O4/c1-29-14-5-4-13-10-25(17(26)15(13)9-14)11-20(18(27)23-19(28)24-20)7-6-12-3-2-8-22-16(12)21/h2-5,8-10,26H,11H2,1H3,(H2,21,22)(H2,23,24,27,28)/t20-/m1/s1. The molecule has 146 valence electrons. The Morgan fingerprint density at radius 1 is 1.34 bits per heavy atom. The molecule has 0 saturated carbocycles. The Morgan fingerprint density at radius 3 is 2.86 bits per heavy atom. The zero-order chi connectivity index (χ0) is 20.6. The molecular formula is C20H17N5O4. The van der Waals surface area contributed by atoms with E-state index in [1.54, 1.807) is 36.5 Å². The summed E-state index contributed by atoms with van der Waals surface area (Å²) in [6, 6.07) is 7.89. The highest BCUT2D eigenvalue weighted by Crippen LogP contribution is 2.32. The Labute approximate surface area is 165 Å². The average Bonchev–Trinajstić information content (AvgIpc) is 3.16. The van der Waals surface area contributed by atoms with Crippen LogP contribution in [-0.2, 0) is 11.3 Å². The number of urea groups is 1. The summed E-state index contributed by atoms with van der Waals surface area (Å²) in [5.74, 6) is 5.71. The minimum Gasteiger partial charge on any atom is -0.497 e. The number of ether oxygens (including phenoxy) is 1. The van der Waals surface area contributed by atoms with Crippen molar-refractivity contribution < 1.29 is 19.4 Å². The molecule has 1 saturated heterocycles. The molecule has 3 aromatic rings. The second-order valence-electron chi connectivity index (χ2n) is 6.53. The lowest BCUT2D eigenvalue weighted by Crippen LogP contribution is -2.49. The van der Waals surface area contributed by atoms with Gasteiger partial charge in [0, 0.05) is 23.2 Å². The van der Waals surface area contributed by atoms with Gasteiger partial charge in [0.05, 0.1) is 19.2 Å². The number of nitrogens with one attached hydrogen (secondary N) is 2. The van der Waals surface area contributed by atoms with Crippen molar-refractivity contribution in [3.05, 3.63) is 48.3 Å². The summed E-state index contributed by atoms with van der Waals surface area (Å²) in [4.78, 5) is 28.4. The fourth-order valence-electron chi connectivity index (χ4n) is 3.16. The van der Waals surface area contributed by atoms with Crippen LogP contribution in [0, 0.1) is 11.8 Å². The van der Waals surface area contributed by atoms with Gasteiger partial charge < -0.3 is 25.5 Å². The summed E-state index contributed by atoms with van der Waals surface area (Å²) in [6.45, 7) is -0.111. The summed E-state index contributed by atoms with van der Waals surface area (Å²) in [5, 5.41) is 16.7. The number of pyridine rings is 1. The predicted molar refractivity (Wildman–Crippen MR) is 105 cm³/mol. The van der Waals surface area contributed by atoms with Crippen molar-refractivity contribution in [2.45, 2.75) is 12.1 Å². The minimum absolute atomic E-state index is 0.0742. The van der Waals surface area contributed by atoms with Crippen LogP contribution in [0.2, 0.25) is 0 Å². The average molecular weight is 391 g/mol. The number of nitrogen functional groups attached to an aromatic ring is 1. The van der Waals surface area contributed by atoms with Crippen molar-refractivity contribution in [3.63, 3.8) is 0 Å². The fourth-order valence-corrected chi connectivity index (χ4v) is 3.16. The number of nitrogens with two attached hydrogens (primary N) is 1. The van der Waals surface area contributed by atoms with Gasteiger partial charge in [0.1, 0.15) is 11.6 Å². The monoisotopic (exact) mass is 391 g/mol. The van der Waals surface area contributed by atoms with Crippen molar-refractivity contribution in [1.29, 1.82) is 0 Å². The molecule has 1 fully saturated rings. The highest BCUT2D eigenvalue weighted by Gasteiger charge is 2.46. The van der Waals surface area contributed by atoms with Crippen molar-refractivity contribution in [2.75, 3.05) is 12.8 Å². The third-order valence-electron chi connectivity index (χ3n) is 4.67. The smallest absolute Gasteiger partial charge is 0.323 e. The highest BCUT2D eigenvalue weighted by atomic mass is 16.5. The molecular weight excluding hydrogens is 374 g/mol. The van der Waals surface area contributed by atoms with Gasteiger partial charge in [-0.25, -0.2) is 9.78 Å². The summed E-state index contributed by atoms with van der Waals surface area (Å²) in [5.41, 5.74) is 4.64. The molecule has 0 radical (unpaired) electrons. The molecule has 29 heavy (non-hydrogen) atoms. The van der Waals surface area contributed by atoms with E-state index in [0.29, 0.717) is 16.7 Å². The van der Waals surface area contributed by atoms with Gasteiger partial charge in [-0.2, -0.15) is 0 Å². The van der Waals surface area contributed by atoms with Crippen molar-refractivity contribution in [2.24, 2.45) is 0 Å². The summed E-state index contributed by atoms with van der Waals surface area (Å²) >= 11 is 0. The summed E-state index contributed by atoms with van der Waals surface area (Å²) < 4.78 is 6.64. The van der Waals surface area contributed by atoms with Crippen LogP contribution in [0.5, 0.6) is 11.6 Å². The molecule has 1 aromatic carbocycles. The SMILES string of the molecule is COc1ccc2cn(C[C@@]3(C#Cc4cccnc4N)NC(=O)NC3=O)c(O)c2c1. The molecule has 3 amide bonds. The Morgan fingerprint density at radius 2 is 2.17 bits per heavy atom. The quantitative estimate of drug-likeness (QED) is 0.389. The fraction of sp³-hybridized carbons (Fsp3) is 0.150. The van der Waals surface area contributed by atoms with Crippen molar-refractivity contribution in [3.8, 4) is 23.5 Å². The van der Waals surface area contributed by atoms with E-state index in [-0.39, 0.29) is 18.2 Å². The lowest BCUT2D eigenvalue weighted by Gasteiger charge is -2.20. The number of aromatic nitrogens is 2. The van der Waals surface area contributed by atoms with Crippen LogP contribution in [0.1, 0.15) is 5.56 Å². The first kappa shape index (κ1) is 18.2. The van der Waals surface area contributed by atoms with Crippen LogP contribution in [0.4, 0.5) is 10.6 Å². The molecule has 1 aliphatic rings. The maximum Gasteiger partial charge on any atom is 0.323 e. The molecule has 1 atom stereocenters. The predicted octanol–water partition coefficient (Wildman–Crippen LogP) is 0.963.